The van der Waals surface area contributed by atoms with Gasteiger partial charge in [-0.1, -0.05) is 135 Å². The van der Waals surface area contributed by atoms with E-state index in [0.717, 1.165) is 0 Å². The average molecular weight is 712 g/mol. The first kappa shape index (κ1) is 11.4. The molecule has 2 heterocycles. The van der Waals surface area contributed by atoms with Gasteiger partial charge in [-0.05, 0) is 105 Å². The van der Waals surface area contributed by atoms with Crippen molar-refractivity contribution < 1.29 is 48.0 Å². The Balaban J connectivity index is 1.30. The van der Waals surface area contributed by atoms with Crippen molar-refractivity contribution in [3.05, 3.63) is 192 Å². The molecule has 0 N–H and O–H groups in total. The molecule has 0 radical (unpaired) electrons. The van der Waals surface area contributed by atoms with Crippen LogP contribution in [0.3, 0.4) is 0 Å². The van der Waals surface area contributed by atoms with Gasteiger partial charge in [-0.15, -0.1) is 0 Å². The summed E-state index contributed by atoms with van der Waals surface area (Å²) in [5.41, 5.74) is -14.9. The predicted octanol–water partition coefficient (Wildman–Crippen LogP) is 13.5. The second-order valence-electron chi connectivity index (χ2n) is 11.9. The van der Waals surface area contributed by atoms with Crippen LogP contribution in [0.15, 0.2) is 181 Å². The third-order valence-electron chi connectivity index (χ3n) is 8.97. The van der Waals surface area contributed by atoms with Gasteiger partial charge in [-0.3, -0.25) is 0 Å². The van der Waals surface area contributed by atoms with E-state index >= 15 is 0 Å². The molecule has 1 aliphatic carbocycles. The van der Waals surface area contributed by atoms with Crippen molar-refractivity contribution in [3.8, 4) is 44.8 Å². The maximum Gasteiger partial charge on any atom is 0.0645 e. The fraction of sp³-hybridized carbons (Fsp3) is 0.0588. The molecule has 2 aromatic heterocycles. The summed E-state index contributed by atoms with van der Waals surface area (Å²) in [5.74, 6) is 0. The zero-order valence-electron chi connectivity index (χ0n) is 61.5. The fourth-order valence-electron chi connectivity index (χ4n) is 6.63. The quantitative estimate of drug-likeness (QED) is 0.172. The van der Waals surface area contributed by atoms with Crippen LogP contribution in [0.5, 0.6) is 0 Å². The van der Waals surface area contributed by atoms with Crippen LogP contribution in [0.4, 0.5) is 0 Å². The van der Waals surface area contributed by atoms with E-state index in [4.69, 9.17) is 30.2 Å². The Morgan fingerprint density at radius 2 is 0.887 bits per heavy atom. The number of aromatic nitrogens is 2. The summed E-state index contributed by atoms with van der Waals surface area (Å²) in [4.78, 5) is 0. The van der Waals surface area contributed by atoms with Crippen LogP contribution < -0.4 is 0 Å². The molecule has 8 aromatic carbocycles. The predicted molar refractivity (Wildman–Crippen MR) is 224 cm³/mol. The molecule has 0 aliphatic heterocycles. The van der Waals surface area contributed by atoms with E-state index in [1.54, 1.807) is 0 Å². The summed E-state index contributed by atoms with van der Waals surface area (Å²) in [6.45, 7) is -7.59. The zero-order chi connectivity index (χ0) is 65.5. The lowest BCUT2D eigenvalue weighted by Gasteiger charge is -2.22. The monoisotopic (exact) mass is 712 g/mol. The lowest BCUT2D eigenvalue weighted by Crippen LogP contribution is -2.15. The number of hydrogen-bond donors (Lipinski definition) is 0. The summed E-state index contributed by atoms with van der Waals surface area (Å²) in [6, 6.07) is -28.7. The van der Waals surface area contributed by atoms with Crippen molar-refractivity contribution >= 4 is 43.6 Å². The molecule has 2 nitrogen and oxygen atoms in total. The number of fused-ring (bicyclic) bond motifs is 9. The van der Waals surface area contributed by atoms with Gasteiger partial charge in [0.15, 0.2) is 0 Å². The first-order chi connectivity index (χ1) is 40.6. The molecular formula is C51H36N2. The molecule has 0 unspecified atom stereocenters. The Morgan fingerprint density at radius 3 is 1.55 bits per heavy atom. The summed E-state index contributed by atoms with van der Waals surface area (Å²) >= 11 is 0. The molecular weight excluding hydrogens is 641 g/mol. The van der Waals surface area contributed by atoms with Gasteiger partial charge in [0.2, 0.25) is 0 Å². The van der Waals surface area contributed by atoms with E-state index in [1.807, 2.05) is 0 Å². The van der Waals surface area contributed by atoms with E-state index in [-0.39, 0.29) is 0 Å². The highest BCUT2D eigenvalue weighted by atomic mass is 15.0. The highest BCUT2D eigenvalue weighted by Gasteiger charge is 2.35. The molecule has 10 aromatic rings. The number of benzene rings is 8. The molecule has 0 spiro atoms. The maximum absolute atomic E-state index is 9.97. The minimum absolute atomic E-state index is 0.651. The third-order valence-corrected chi connectivity index (χ3v) is 8.97. The molecule has 0 atom stereocenters. The molecule has 0 bridgehead atoms. The number of para-hydroxylation sites is 2. The van der Waals surface area contributed by atoms with Crippen molar-refractivity contribution in [2.24, 2.45) is 0 Å². The number of nitrogens with zero attached hydrogens (tertiary/aromatic N) is 2. The molecule has 0 saturated carbocycles. The van der Waals surface area contributed by atoms with Crippen LogP contribution in [0, 0.1) is 0 Å². The van der Waals surface area contributed by atoms with Gasteiger partial charge in [0.1, 0.15) is 0 Å². The fourth-order valence-corrected chi connectivity index (χ4v) is 6.63. The van der Waals surface area contributed by atoms with Gasteiger partial charge in [-0.2, -0.15) is 0 Å². The molecule has 250 valence electrons. The van der Waals surface area contributed by atoms with Crippen LogP contribution in [-0.2, 0) is 5.41 Å². The van der Waals surface area contributed by atoms with E-state index in [1.165, 1.54) is 0 Å². The summed E-state index contributed by atoms with van der Waals surface area (Å²) in [7, 11) is 0. The molecule has 2 heteroatoms. The second kappa shape index (κ2) is 11.2. The minimum atomic E-state index is -3.79. The third kappa shape index (κ3) is 4.39. The summed E-state index contributed by atoms with van der Waals surface area (Å²) < 4.78 is 317. The maximum atomic E-state index is 9.97. The van der Waals surface area contributed by atoms with Crippen LogP contribution in [0.25, 0.3) is 88.4 Å². The molecule has 1 aliphatic rings. The van der Waals surface area contributed by atoms with Gasteiger partial charge < -0.3 is 9.13 Å². The van der Waals surface area contributed by atoms with Crippen LogP contribution >= 0.6 is 0 Å². The Bertz CT molecular complexity index is 4910. The first-order valence-electron chi connectivity index (χ1n) is 33.2. The van der Waals surface area contributed by atoms with Crippen molar-refractivity contribution in [3.63, 3.8) is 0 Å². The van der Waals surface area contributed by atoms with Crippen LogP contribution in [0.1, 0.15) is 72.8 Å². The van der Waals surface area contributed by atoms with Gasteiger partial charge in [0.05, 0.1) is 61.8 Å². The second-order valence-corrected chi connectivity index (χ2v) is 11.9. The van der Waals surface area contributed by atoms with Crippen molar-refractivity contribution in [1.29, 1.82) is 0 Å². The van der Waals surface area contributed by atoms with Gasteiger partial charge in [0, 0.05) is 46.6 Å². The SMILES string of the molecule is [2H]c1c(-n2c3c([2H])c([2H])c([2H])c([2H])c3c3c([2H])c(-c4c([2H])c([2H])c5c(c4[2H])c4c([2H])c([2H])c([2H])c([2H])c4n5-c4c([2H])c([2H])c(-c5c([2H])c([2H])c([2H])c([2H])c5[2H])c([2H])c4[2H])c([2H])c([2H])c32)cc2c(c1[2H])-c1c([2H])c([2H])c([2H])c([2H])c1C2(C([2H])([2H])[2H])C([2H])([2H])[2H]. The lowest BCUT2D eigenvalue weighted by molar-refractivity contribution is 0.660. The lowest BCUT2D eigenvalue weighted by atomic mass is 9.82. The van der Waals surface area contributed by atoms with E-state index in [9.17, 15) is 17.8 Å². The zero-order valence-corrected chi connectivity index (χ0v) is 26.5. The van der Waals surface area contributed by atoms with E-state index < -0.39 is 294 Å². The minimum Gasteiger partial charge on any atom is -0.309 e. The Labute approximate surface area is 358 Å². The van der Waals surface area contributed by atoms with Crippen LogP contribution in [0.2, 0.25) is 0 Å². The first-order valence-corrected chi connectivity index (χ1v) is 15.7. The largest absolute Gasteiger partial charge is 0.309 e. The molecule has 0 saturated heterocycles. The van der Waals surface area contributed by atoms with Crippen molar-refractivity contribution in [2.45, 2.75) is 19.1 Å². The molecule has 53 heavy (non-hydrogen) atoms. The van der Waals surface area contributed by atoms with Crippen molar-refractivity contribution in [2.75, 3.05) is 0 Å². The average Bonchev–Trinajstić information content (AvgIpc) is 1.54. The van der Waals surface area contributed by atoms with Crippen molar-refractivity contribution in [1.82, 2.24) is 9.13 Å². The van der Waals surface area contributed by atoms with E-state index in [2.05, 4.69) is 0 Å². The highest BCUT2D eigenvalue weighted by molar-refractivity contribution is 6.12. The van der Waals surface area contributed by atoms with E-state index in [0.29, 0.717) is 15.2 Å². The van der Waals surface area contributed by atoms with Crippen LogP contribution in [-0.4, -0.2) is 9.13 Å². The topological polar surface area (TPSA) is 9.86 Å². The summed E-state index contributed by atoms with van der Waals surface area (Å²) in [6.07, 6.45) is 0. The van der Waals surface area contributed by atoms with Gasteiger partial charge >= 0.3 is 0 Å². The normalized spacial score (nSPS) is 23.1. The molecule has 0 fully saturated rings. The number of rotatable bonds is 4. The molecule has 11 rings (SSSR count). The Hall–Kier alpha value is -6.64. The molecule has 0 amide bonds. The smallest absolute Gasteiger partial charge is 0.0645 e. The number of hydrogen-bond acceptors (Lipinski definition) is 0. The Morgan fingerprint density at radius 1 is 0.396 bits per heavy atom. The van der Waals surface area contributed by atoms with Gasteiger partial charge in [-0.25, -0.2) is 0 Å². The van der Waals surface area contributed by atoms with Gasteiger partial charge in [0.25, 0.3) is 0 Å². The summed E-state index contributed by atoms with van der Waals surface area (Å²) in [5, 5.41) is -2.81. The standard InChI is InChI=1S/C51H36N2/c1-51(2)45-17-9-6-14-39(45)40-27-26-38(32-46(40)51)53-48-19-11-8-16-42(48)44-31-36(23-29-50(44)53)35-22-28-49-43(30-35)41-15-7-10-18-47(41)52(49)37-24-20-34(21-25-37)33-12-4-3-5-13-33/h3-32H,1-2H3/i1D3,2D3,3D,4D,5D,6D,7D,8D,9D,10D,11D,12D,13D,14D,15D,16D,17D,18D,19D,20D,21D,22D,23D,24D,25D,26D,27D,28D,29D,30D,31D. The Kier molecular flexibility index (Phi) is 2.41. The highest BCUT2D eigenvalue weighted by Crippen LogP contribution is 2.49.